The standard InChI is InChI=1S/C15H14BrClO2/c1-9-3-5-12(16)11(7-9)15(18)10-4-6-13(17)14(8-10)19-2/h3-8,15,18H,1-2H3. The molecule has 0 saturated carbocycles. The summed E-state index contributed by atoms with van der Waals surface area (Å²) >= 11 is 9.45. The smallest absolute Gasteiger partial charge is 0.137 e. The lowest BCUT2D eigenvalue weighted by Gasteiger charge is -2.15. The Bertz CT molecular complexity index is 599. The zero-order valence-corrected chi connectivity index (χ0v) is 13.0. The maximum absolute atomic E-state index is 10.5. The van der Waals surface area contributed by atoms with Crippen LogP contribution in [0.5, 0.6) is 5.75 Å². The van der Waals surface area contributed by atoms with Crippen LogP contribution in [0.15, 0.2) is 40.9 Å². The van der Waals surface area contributed by atoms with Gasteiger partial charge in [0.25, 0.3) is 0 Å². The fourth-order valence-electron chi connectivity index (χ4n) is 1.90. The van der Waals surface area contributed by atoms with E-state index in [2.05, 4.69) is 15.9 Å². The third-order valence-corrected chi connectivity index (χ3v) is 3.97. The van der Waals surface area contributed by atoms with Crippen LogP contribution in [0.2, 0.25) is 5.02 Å². The van der Waals surface area contributed by atoms with Crippen molar-refractivity contribution in [2.45, 2.75) is 13.0 Å². The van der Waals surface area contributed by atoms with Gasteiger partial charge in [0.1, 0.15) is 11.9 Å². The summed E-state index contributed by atoms with van der Waals surface area (Å²) < 4.78 is 6.05. The first kappa shape index (κ1) is 14.4. The summed E-state index contributed by atoms with van der Waals surface area (Å²) in [4.78, 5) is 0. The number of aryl methyl sites for hydroxylation is 1. The number of aliphatic hydroxyl groups is 1. The lowest BCUT2D eigenvalue weighted by Crippen LogP contribution is -2.01. The number of aliphatic hydroxyl groups excluding tert-OH is 1. The maximum atomic E-state index is 10.5. The summed E-state index contributed by atoms with van der Waals surface area (Å²) in [5.74, 6) is 0.557. The molecule has 0 aliphatic carbocycles. The van der Waals surface area contributed by atoms with Crippen molar-refractivity contribution < 1.29 is 9.84 Å². The van der Waals surface area contributed by atoms with Gasteiger partial charge < -0.3 is 9.84 Å². The molecule has 2 aromatic carbocycles. The molecule has 1 N–H and O–H groups in total. The average molecular weight is 342 g/mol. The van der Waals surface area contributed by atoms with E-state index in [0.29, 0.717) is 10.8 Å². The molecular weight excluding hydrogens is 328 g/mol. The van der Waals surface area contributed by atoms with Crippen LogP contribution < -0.4 is 4.74 Å². The van der Waals surface area contributed by atoms with E-state index in [-0.39, 0.29) is 0 Å². The van der Waals surface area contributed by atoms with Gasteiger partial charge in [-0.15, -0.1) is 0 Å². The van der Waals surface area contributed by atoms with Gasteiger partial charge in [-0.2, -0.15) is 0 Å². The largest absolute Gasteiger partial charge is 0.495 e. The van der Waals surface area contributed by atoms with E-state index in [9.17, 15) is 5.11 Å². The lowest BCUT2D eigenvalue weighted by molar-refractivity contribution is 0.219. The Labute approximate surface area is 126 Å². The minimum Gasteiger partial charge on any atom is -0.495 e. The molecule has 0 aromatic heterocycles. The van der Waals surface area contributed by atoms with Crippen molar-refractivity contribution in [1.29, 1.82) is 0 Å². The van der Waals surface area contributed by atoms with E-state index < -0.39 is 6.10 Å². The Morgan fingerprint density at radius 3 is 2.63 bits per heavy atom. The first-order valence-corrected chi connectivity index (χ1v) is 6.97. The maximum Gasteiger partial charge on any atom is 0.137 e. The minimum atomic E-state index is -0.722. The van der Waals surface area contributed by atoms with Gasteiger partial charge in [-0.1, -0.05) is 51.3 Å². The highest BCUT2D eigenvalue weighted by Crippen LogP contribution is 2.33. The highest BCUT2D eigenvalue weighted by Gasteiger charge is 2.15. The van der Waals surface area contributed by atoms with E-state index >= 15 is 0 Å². The zero-order valence-electron chi connectivity index (χ0n) is 10.7. The van der Waals surface area contributed by atoms with Crippen LogP contribution in [0.4, 0.5) is 0 Å². The molecule has 0 aliphatic heterocycles. The molecule has 2 rings (SSSR count). The molecule has 0 radical (unpaired) electrons. The van der Waals surface area contributed by atoms with Crippen LogP contribution in [0.3, 0.4) is 0 Å². The molecule has 19 heavy (non-hydrogen) atoms. The summed E-state index contributed by atoms with van der Waals surface area (Å²) in [6, 6.07) is 11.1. The van der Waals surface area contributed by atoms with Gasteiger partial charge in [-0.25, -0.2) is 0 Å². The van der Waals surface area contributed by atoms with E-state index in [1.807, 2.05) is 25.1 Å². The van der Waals surface area contributed by atoms with Crippen LogP contribution in [-0.4, -0.2) is 12.2 Å². The molecular formula is C15H14BrClO2. The minimum absolute atomic E-state index is 0.529. The zero-order chi connectivity index (χ0) is 14.0. The van der Waals surface area contributed by atoms with E-state index in [1.54, 1.807) is 25.3 Å². The van der Waals surface area contributed by atoms with Crippen molar-refractivity contribution in [3.8, 4) is 5.75 Å². The average Bonchev–Trinajstić information content (AvgIpc) is 2.41. The van der Waals surface area contributed by atoms with Crippen molar-refractivity contribution >= 4 is 27.5 Å². The quantitative estimate of drug-likeness (QED) is 0.890. The summed E-state index contributed by atoms with van der Waals surface area (Å²) in [5, 5.41) is 11.0. The third kappa shape index (κ3) is 3.11. The van der Waals surface area contributed by atoms with Crippen LogP contribution >= 0.6 is 27.5 Å². The molecule has 2 nitrogen and oxygen atoms in total. The molecule has 0 amide bonds. The topological polar surface area (TPSA) is 29.5 Å². The fourth-order valence-corrected chi connectivity index (χ4v) is 2.56. The summed E-state index contributed by atoms with van der Waals surface area (Å²) in [6.45, 7) is 1.99. The molecule has 0 aliphatic rings. The second-order valence-corrected chi connectivity index (χ2v) is 5.58. The molecule has 0 saturated heterocycles. The number of rotatable bonds is 3. The molecule has 4 heteroatoms. The fraction of sp³-hybridized carbons (Fsp3) is 0.200. The first-order chi connectivity index (χ1) is 9.02. The van der Waals surface area contributed by atoms with E-state index in [4.69, 9.17) is 16.3 Å². The van der Waals surface area contributed by atoms with Crippen LogP contribution in [0.1, 0.15) is 22.8 Å². The molecule has 0 heterocycles. The SMILES string of the molecule is COc1cc(C(O)c2cc(C)ccc2Br)ccc1Cl. The Morgan fingerprint density at radius 1 is 1.21 bits per heavy atom. The molecule has 1 atom stereocenters. The van der Waals surface area contributed by atoms with Crippen LogP contribution in [-0.2, 0) is 0 Å². The number of ether oxygens (including phenoxy) is 1. The van der Waals surface area contributed by atoms with Gasteiger partial charge in [-0.3, -0.25) is 0 Å². The summed E-state index contributed by atoms with van der Waals surface area (Å²) in [6.07, 6.45) is -0.722. The number of methoxy groups -OCH3 is 1. The predicted molar refractivity (Wildman–Crippen MR) is 80.9 cm³/mol. The summed E-state index contributed by atoms with van der Waals surface area (Å²) in [7, 11) is 1.56. The van der Waals surface area contributed by atoms with Gasteiger partial charge in [-0.05, 0) is 36.2 Å². The van der Waals surface area contributed by atoms with Gasteiger partial charge in [0.2, 0.25) is 0 Å². The Balaban J connectivity index is 2.43. The van der Waals surface area contributed by atoms with Gasteiger partial charge in [0.05, 0.1) is 12.1 Å². The highest BCUT2D eigenvalue weighted by molar-refractivity contribution is 9.10. The Kier molecular flexibility index (Phi) is 4.50. The second-order valence-electron chi connectivity index (χ2n) is 4.32. The van der Waals surface area contributed by atoms with Gasteiger partial charge in [0, 0.05) is 4.47 Å². The molecule has 0 bridgehead atoms. The van der Waals surface area contributed by atoms with Crippen molar-refractivity contribution in [3.63, 3.8) is 0 Å². The first-order valence-electron chi connectivity index (χ1n) is 5.80. The highest BCUT2D eigenvalue weighted by atomic mass is 79.9. The Morgan fingerprint density at radius 2 is 1.95 bits per heavy atom. The number of hydrogen-bond donors (Lipinski definition) is 1. The van der Waals surface area contributed by atoms with Crippen molar-refractivity contribution in [2.24, 2.45) is 0 Å². The lowest BCUT2D eigenvalue weighted by atomic mass is 10.00. The second kappa shape index (κ2) is 5.95. The molecule has 0 spiro atoms. The number of halogens is 2. The van der Waals surface area contributed by atoms with Crippen molar-refractivity contribution in [2.75, 3.05) is 7.11 Å². The normalized spacial score (nSPS) is 12.3. The summed E-state index contributed by atoms with van der Waals surface area (Å²) in [5.41, 5.74) is 2.66. The van der Waals surface area contributed by atoms with Crippen molar-refractivity contribution in [3.05, 3.63) is 62.6 Å². The molecule has 2 aromatic rings. The van der Waals surface area contributed by atoms with Crippen LogP contribution in [0.25, 0.3) is 0 Å². The van der Waals surface area contributed by atoms with Gasteiger partial charge >= 0.3 is 0 Å². The molecule has 1 unspecified atom stereocenters. The predicted octanol–water partition coefficient (Wildman–Crippen LogP) is 4.50. The Hall–Kier alpha value is -1.03. The van der Waals surface area contributed by atoms with E-state index in [0.717, 1.165) is 21.2 Å². The number of hydrogen-bond acceptors (Lipinski definition) is 2. The van der Waals surface area contributed by atoms with Gasteiger partial charge in [0.15, 0.2) is 0 Å². The number of benzene rings is 2. The third-order valence-electron chi connectivity index (χ3n) is 2.94. The molecule has 100 valence electrons. The van der Waals surface area contributed by atoms with E-state index in [1.165, 1.54) is 0 Å². The monoisotopic (exact) mass is 340 g/mol. The van der Waals surface area contributed by atoms with Crippen LogP contribution in [0, 0.1) is 6.92 Å². The molecule has 0 fully saturated rings. The van der Waals surface area contributed by atoms with Crippen molar-refractivity contribution in [1.82, 2.24) is 0 Å².